The SMILES string of the molecule is CNC(=O)[C@H]1CN(c2ccc3c(c2)C(F)(F)CC(=O)N3C)C(=O)O1. The normalized spacial score (nSPS) is 22.2. The van der Waals surface area contributed by atoms with E-state index in [1.807, 2.05) is 0 Å². The zero-order valence-electron chi connectivity index (χ0n) is 13.0. The minimum atomic E-state index is -3.32. The molecule has 0 radical (unpaired) electrons. The number of cyclic esters (lactones) is 1. The molecule has 0 aromatic heterocycles. The molecule has 2 heterocycles. The molecule has 2 aliphatic heterocycles. The van der Waals surface area contributed by atoms with Gasteiger partial charge < -0.3 is 15.0 Å². The van der Waals surface area contributed by atoms with Crippen molar-refractivity contribution < 1.29 is 27.9 Å². The van der Waals surface area contributed by atoms with Crippen LogP contribution in [0.5, 0.6) is 0 Å². The topological polar surface area (TPSA) is 79.0 Å². The number of benzene rings is 1. The Balaban J connectivity index is 1.96. The average molecular weight is 339 g/mol. The van der Waals surface area contributed by atoms with Gasteiger partial charge in [0.05, 0.1) is 18.7 Å². The van der Waals surface area contributed by atoms with Gasteiger partial charge in [-0.25, -0.2) is 13.6 Å². The summed E-state index contributed by atoms with van der Waals surface area (Å²) in [6, 6.07) is 3.96. The third-order valence-electron chi connectivity index (χ3n) is 4.15. The lowest BCUT2D eigenvalue weighted by Crippen LogP contribution is -2.38. The maximum Gasteiger partial charge on any atom is 0.415 e. The first-order valence-corrected chi connectivity index (χ1v) is 7.23. The van der Waals surface area contributed by atoms with E-state index >= 15 is 0 Å². The third-order valence-corrected chi connectivity index (χ3v) is 4.15. The van der Waals surface area contributed by atoms with Crippen LogP contribution in [-0.4, -0.2) is 44.7 Å². The van der Waals surface area contributed by atoms with E-state index in [4.69, 9.17) is 4.74 Å². The Morgan fingerprint density at radius 2 is 2.08 bits per heavy atom. The quantitative estimate of drug-likeness (QED) is 0.879. The molecule has 3 amide bonds. The van der Waals surface area contributed by atoms with E-state index in [9.17, 15) is 23.2 Å². The highest BCUT2D eigenvalue weighted by Crippen LogP contribution is 2.44. The first-order chi connectivity index (χ1) is 11.2. The maximum atomic E-state index is 14.2. The molecule has 9 heteroatoms. The van der Waals surface area contributed by atoms with Gasteiger partial charge in [-0.15, -0.1) is 0 Å². The summed E-state index contributed by atoms with van der Waals surface area (Å²) < 4.78 is 33.3. The molecule has 1 N–H and O–H groups in total. The van der Waals surface area contributed by atoms with Gasteiger partial charge in [-0.1, -0.05) is 0 Å². The number of fused-ring (bicyclic) bond motifs is 1. The Morgan fingerprint density at radius 1 is 1.38 bits per heavy atom. The number of carbonyl (C=O) groups is 3. The molecule has 1 atom stereocenters. The van der Waals surface area contributed by atoms with Crippen molar-refractivity contribution in [2.75, 3.05) is 30.4 Å². The number of alkyl halides is 2. The third kappa shape index (κ3) is 2.45. The fourth-order valence-corrected chi connectivity index (χ4v) is 2.79. The monoisotopic (exact) mass is 339 g/mol. The number of rotatable bonds is 2. The van der Waals surface area contributed by atoms with Crippen LogP contribution in [0.1, 0.15) is 12.0 Å². The van der Waals surface area contributed by atoms with E-state index in [-0.39, 0.29) is 23.5 Å². The molecule has 0 saturated carbocycles. The number of ether oxygens (including phenoxy) is 1. The predicted octanol–water partition coefficient (Wildman–Crippen LogP) is 1.22. The molecule has 1 aromatic rings. The minimum Gasteiger partial charge on any atom is -0.434 e. The first kappa shape index (κ1) is 16.2. The van der Waals surface area contributed by atoms with Crippen LogP contribution in [0, 0.1) is 0 Å². The van der Waals surface area contributed by atoms with Crippen LogP contribution in [0.25, 0.3) is 0 Å². The van der Waals surface area contributed by atoms with Crippen LogP contribution < -0.4 is 15.1 Å². The van der Waals surface area contributed by atoms with Gasteiger partial charge in [0.25, 0.3) is 11.8 Å². The van der Waals surface area contributed by atoms with Crippen molar-refractivity contribution in [3.63, 3.8) is 0 Å². The summed E-state index contributed by atoms with van der Waals surface area (Å²) in [5.74, 6) is -4.47. The fourth-order valence-electron chi connectivity index (χ4n) is 2.79. The van der Waals surface area contributed by atoms with Crippen LogP contribution in [0.15, 0.2) is 18.2 Å². The van der Waals surface area contributed by atoms with Gasteiger partial charge in [-0.05, 0) is 18.2 Å². The average Bonchev–Trinajstić information content (AvgIpc) is 2.93. The van der Waals surface area contributed by atoms with Gasteiger partial charge in [0.2, 0.25) is 5.91 Å². The highest BCUT2D eigenvalue weighted by Gasteiger charge is 2.44. The molecular weight excluding hydrogens is 324 g/mol. The largest absolute Gasteiger partial charge is 0.434 e. The van der Waals surface area contributed by atoms with Crippen LogP contribution in [-0.2, 0) is 20.2 Å². The molecule has 7 nitrogen and oxygen atoms in total. The maximum absolute atomic E-state index is 14.2. The van der Waals surface area contributed by atoms with Gasteiger partial charge in [0.1, 0.15) is 0 Å². The van der Waals surface area contributed by atoms with Crippen molar-refractivity contribution in [2.24, 2.45) is 0 Å². The number of halogens is 2. The summed E-state index contributed by atoms with van der Waals surface area (Å²) in [5.41, 5.74) is -0.0544. The Bertz CT molecular complexity index is 737. The molecule has 128 valence electrons. The van der Waals surface area contributed by atoms with E-state index in [1.54, 1.807) is 0 Å². The summed E-state index contributed by atoms with van der Waals surface area (Å²) in [4.78, 5) is 37.4. The first-order valence-electron chi connectivity index (χ1n) is 7.23. The molecule has 1 saturated heterocycles. The molecule has 3 rings (SSSR count). The summed E-state index contributed by atoms with van der Waals surface area (Å²) in [7, 11) is 2.83. The highest BCUT2D eigenvalue weighted by molar-refractivity contribution is 5.99. The smallest absolute Gasteiger partial charge is 0.415 e. The lowest BCUT2D eigenvalue weighted by Gasteiger charge is -2.32. The van der Waals surface area contributed by atoms with E-state index < -0.39 is 36.4 Å². The van der Waals surface area contributed by atoms with Crippen molar-refractivity contribution in [1.82, 2.24) is 5.32 Å². The van der Waals surface area contributed by atoms with Crippen LogP contribution >= 0.6 is 0 Å². The van der Waals surface area contributed by atoms with Gasteiger partial charge in [0, 0.05) is 25.3 Å². The van der Waals surface area contributed by atoms with E-state index in [1.165, 1.54) is 26.2 Å². The van der Waals surface area contributed by atoms with Crippen molar-refractivity contribution in [1.29, 1.82) is 0 Å². The minimum absolute atomic E-state index is 0.0718. The van der Waals surface area contributed by atoms with Gasteiger partial charge >= 0.3 is 6.09 Å². The molecule has 0 aliphatic carbocycles. The molecule has 0 bridgehead atoms. The Hall–Kier alpha value is -2.71. The van der Waals surface area contributed by atoms with Crippen LogP contribution in [0.4, 0.5) is 25.0 Å². The molecule has 1 aromatic carbocycles. The number of hydrogen-bond donors (Lipinski definition) is 1. The van der Waals surface area contributed by atoms with Gasteiger partial charge in [-0.2, -0.15) is 0 Å². The summed E-state index contributed by atoms with van der Waals surface area (Å²) in [6.45, 7) is -0.0718. The lowest BCUT2D eigenvalue weighted by molar-refractivity contribution is -0.128. The second-order valence-corrected chi connectivity index (χ2v) is 5.63. The zero-order chi connectivity index (χ0) is 17.6. The number of amides is 3. The molecule has 0 spiro atoms. The Kier molecular flexibility index (Phi) is 3.66. The Morgan fingerprint density at radius 3 is 2.75 bits per heavy atom. The number of nitrogens with zero attached hydrogens (tertiary/aromatic N) is 2. The Labute approximate surface area is 136 Å². The van der Waals surface area contributed by atoms with E-state index in [0.717, 1.165) is 15.9 Å². The second-order valence-electron chi connectivity index (χ2n) is 5.63. The number of carbonyl (C=O) groups excluding carboxylic acids is 3. The summed E-state index contributed by atoms with van der Waals surface area (Å²) in [5, 5.41) is 2.37. The highest BCUT2D eigenvalue weighted by atomic mass is 19.3. The van der Waals surface area contributed by atoms with Gasteiger partial charge in [0.15, 0.2) is 6.10 Å². The van der Waals surface area contributed by atoms with Crippen molar-refractivity contribution in [3.05, 3.63) is 23.8 Å². The van der Waals surface area contributed by atoms with Gasteiger partial charge in [-0.3, -0.25) is 14.5 Å². The van der Waals surface area contributed by atoms with Crippen molar-refractivity contribution in [3.8, 4) is 0 Å². The number of hydrogen-bond acceptors (Lipinski definition) is 4. The zero-order valence-corrected chi connectivity index (χ0v) is 13.0. The molecule has 1 fully saturated rings. The molecule has 2 aliphatic rings. The summed E-state index contributed by atoms with van der Waals surface area (Å²) in [6.07, 6.45) is -2.71. The van der Waals surface area contributed by atoms with E-state index in [0.29, 0.717) is 0 Å². The van der Waals surface area contributed by atoms with Crippen molar-refractivity contribution >= 4 is 29.3 Å². The van der Waals surface area contributed by atoms with Crippen molar-refractivity contribution in [2.45, 2.75) is 18.4 Å². The van der Waals surface area contributed by atoms with E-state index in [2.05, 4.69) is 5.32 Å². The predicted molar refractivity (Wildman–Crippen MR) is 80.0 cm³/mol. The van der Waals surface area contributed by atoms with Crippen LogP contribution in [0.3, 0.4) is 0 Å². The lowest BCUT2D eigenvalue weighted by atomic mass is 9.96. The molecule has 0 unspecified atom stereocenters. The number of anilines is 2. The summed E-state index contributed by atoms with van der Waals surface area (Å²) >= 11 is 0. The number of likely N-dealkylation sites (N-methyl/N-ethyl adjacent to an activating group) is 1. The second kappa shape index (κ2) is 5.43. The van der Waals surface area contributed by atoms with Crippen LogP contribution in [0.2, 0.25) is 0 Å². The number of nitrogens with one attached hydrogen (secondary N) is 1. The molecular formula is C15H15F2N3O4. The standard InChI is InChI=1S/C15H15F2N3O4/c1-18-13(22)11-7-20(14(23)24-11)8-3-4-10-9(5-8)15(16,17)6-12(21)19(10)2/h3-5,11H,6-7H2,1-2H3,(H,18,22)/t11-/m1/s1. The molecule has 24 heavy (non-hydrogen) atoms. The fraction of sp³-hybridized carbons (Fsp3) is 0.400.